The number of amides is 1. The summed E-state index contributed by atoms with van der Waals surface area (Å²) in [5.41, 5.74) is 7.82. The van der Waals surface area contributed by atoms with Crippen LogP contribution in [-0.4, -0.2) is 10.9 Å². The first-order valence-corrected chi connectivity index (χ1v) is 7.35. The first-order valence-electron chi connectivity index (χ1n) is 6.47. The Kier molecular flexibility index (Phi) is 4.20. The van der Waals surface area contributed by atoms with E-state index < -0.39 is 0 Å². The van der Waals surface area contributed by atoms with Gasteiger partial charge < -0.3 is 11.1 Å². The van der Waals surface area contributed by atoms with Crippen molar-refractivity contribution in [2.45, 2.75) is 32.7 Å². The number of carbonyl (C=O) groups is 1. The third-order valence-corrected chi connectivity index (χ3v) is 3.81. The lowest BCUT2D eigenvalue weighted by Crippen LogP contribution is -2.19. The van der Waals surface area contributed by atoms with Gasteiger partial charge in [-0.3, -0.25) is 4.79 Å². The van der Waals surface area contributed by atoms with E-state index in [4.69, 9.17) is 5.73 Å². The molecule has 5 heteroatoms. The third kappa shape index (κ3) is 3.23. The molecular weight excluding hydrogens is 270 g/mol. The molecular formula is C15H19N3OS. The molecule has 1 amide bonds. The van der Waals surface area contributed by atoms with Gasteiger partial charge in [0.15, 0.2) is 0 Å². The second-order valence-corrected chi connectivity index (χ2v) is 6.52. The maximum atomic E-state index is 12.2. The number of hydrogen-bond donors (Lipinski definition) is 2. The molecule has 0 aliphatic carbocycles. The Bertz CT molecular complexity index is 614. The number of thiazole rings is 1. The number of nitrogens with zero attached hydrogens (tertiary/aromatic N) is 1. The van der Waals surface area contributed by atoms with Gasteiger partial charge in [-0.15, -0.1) is 11.3 Å². The van der Waals surface area contributed by atoms with Crippen molar-refractivity contribution in [1.29, 1.82) is 0 Å². The zero-order valence-corrected chi connectivity index (χ0v) is 12.8. The number of nitrogens with two attached hydrogens (primary N) is 1. The second-order valence-electron chi connectivity index (χ2n) is 5.58. The van der Waals surface area contributed by atoms with Crippen LogP contribution in [0.2, 0.25) is 0 Å². The predicted octanol–water partition coefficient (Wildman–Crippen LogP) is 3.15. The highest BCUT2D eigenvalue weighted by molar-refractivity contribution is 7.09. The van der Waals surface area contributed by atoms with Gasteiger partial charge in [0.05, 0.1) is 0 Å². The number of benzene rings is 1. The fourth-order valence-corrected chi connectivity index (χ4v) is 2.60. The van der Waals surface area contributed by atoms with Crippen molar-refractivity contribution in [2.75, 3.05) is 5.32 Å². The lowest BCUT2D eigenvalue weighted by molar-refractivity contribution is 0.102. The molecule has 0 atom stereocenters. The summed E-state index contributed by atoms with van der Waals surface area (Å²) >= 11 is 1.40. The van der Waals surface area contributed by atoms with E-state index >= 15 is 0 Å². The summed E-state index contributed by atoms with van der Waals surface area (Å²) in [5.74, 6) is -0.197. The molecule has 0 aliphatic rings. The molecule has 1 aromatic carbocycles. The van der Waals surface area contributed by atoms with Crippen LogP contribution in [0, 0.1) is 0 Å². The van der Waals surface area contributed by atoms with Crippen molar-refractivity contribution < 1.29 is 4.79 Å². The normalized spacial score (nSPS) is 11.4. The number of rotatable bonds is 3. The van der Waals surface area contributed by atoms with Crippen LogP contribution in [0.25, 0.3) is 0 Å². The molecule has 2 aromatic rings. The lowest BCUT2D eigenvalue weighted by Gasteiger charge is -2.22. The van der Waals surface area contributed by atoms with E-state index in [0.29, 0.717) is 12.2 Å². The predicted molar refractivity (Wildman–Crippen MR) is 83.1 cm³/mol. The first kappa shape index (κ1) is 14.7. The summed E-state index contributed by atoms with van der Waals surface area (Å²) in [4.78, 5) is 16.4. The summed E-state index contributed by atoms with van der Waals surface area (Å²) in [7, 11) is 0. The maximum absolute atomic E-state index is 12.2. The standard InChI is InChI=1S/C15H19N3OS/c1-15(2,3)10-6-4-5-7-11(10)18-14(19)12-9-20-13(8-16)17-12/h4-7,9H,8,16H2,1-3H3,(H,18,19). The van der Waals surface area contributed by atoms with Crippen molar-refractivity contribution >= 4 is 22.9 Å². The molecule has 0 radical (unpaired) electrons. The van der Waals surface area contributed by atoms with E-state index in [0.717, 1.165) is 16.3 Å². The van der Waals surface area contributed by atoms with Gasteiger partial charge in [0, 0.05) is 17.6 Å². The highest BCUT2D eigenvalue weighted by atomic mass is 32.1. The zero-order chi connectivity index (χ0) is 14.8. The molecule has 106 valence electrons. The van der Waals surface area contributed by atoms with Crippen LogP contribution in [0.3, 0.4) is 0 Å². The van der Waals surface area contributed by atoms with Gasteiger partial charge in [0.1, 0.15) is 10.7 Å². The summed E-state index contributed by atoms with van der Waals surface area (Å²) in [6, 6.07) is 7.83. The van der Waals surface area contributed by atoms with Gasteiger partial charge in [-0.05, 0) is 17.0 Å². The quantitative estimate of drug-likeness (QED) is 0.912. The van der Waals surface area contributed by atoms with Gasteiger partial charge in [0.25, 0.3) is 5.91 Å². The summed E-state index contributed by atoms with van der Waals surface area (Å²) in [6.07, 6.45) is 0. The Morgan fingerprint density at radius 2 is 2.05 bits per heavy atom. The number of aromatic nitrogens is 1. The van der Waals surface area contributed by atoms with Gasteiger partial charge in [-0.2, -0.15) is 0 Å². The smallest absolute Gasteiger partial charge is 0.275 e. The number of anilines is 1. The number of para-hydroxylation sites is 1. The average molecular weight is 289 g/mol. The summed E-state index contributed by atoms with van der Waals surface area (Å²) in [6.45, 7) is 6.71. The number of nitrogens with one attached hydrogen (secondary N) is 1. The van der Waals surface area contributed by atoms with Crippen LogP contribution in [0.4, 0.5) is 5.69 Å². The fraction of sp³-hybridized carbons (Fsp3) is 0.333. The van der Waals surface area contributed by atoms with Gasteiger partial charge in [0.2, 0.25) is 0 Å². The van der Waals surface area contributed by atoms with Crippen molar-refractivity contribution in [2.24, 2.45) is 5.73 Å². The Balaban J connectivity index is 2.24. The SMILES string of the molecule is CC(C)(C)c1ccccc1NC(=O)c1csc(CN)n1. The van der Waals surface area contributed by atoms with E-state index in [-0.39, 0.29) is 11.3 Å². The van der Waals surface area contributed by atoms with Gasteiger partial charge in [-0.1, -0.05) is 39.0 Å². The van der Waals surface area contributed by atoms with E-state index in [1.165, 1.54) is 11.3 Å². The second kappa shape index (κ2) is 5.73. The zero-order valence-electron chi connectivity index (χ0n) is 11.9. The van der Waals surface area contributed by atoms with Crippen molar-refractivity contribution in [3.8, 4) is 0 Å². The van der Waals surface area contributed by atoms with E-state index in [9.17, 15) is 4.79 Å². The molecule has 0 fully saturated rings. The number of carbonyl (C=O) groups excluding carboxylic acids is 1. The Labute approximate surface area is 123 Å². The summed E-state index contributed by atoms with van der Waals surface area (Å²) in [5, 5.41) is 5.43. The van der Waals surface area contributed by atoms with Crippen LogP contribution in [0.5, 0.6) is 0 Å². The van der Waals surface area contributed by atoms with Crippen molar-refractivity contribution in [3.05, 3.63) is 45.9 Å². The third-order valence-electron chi connectivity index (χ3n) is 2.94. The molecule has 2 rings (SSSR count). The first-order chi connectivity index (χ1) is 9.41. The van der Waals surface area contributed by atoms with E-state index in [1.807, 2.05) is 24.3 Å². The van der Waals surface area contributed by atoms with Crippen LogP contribution < -0.4 is 11.1 Å². The molecule has 1 aromatic heterocycles. The maximum Gasteiger partial charge on any atom is 0.275 e. The van der Waals surface area contributed by atoms with Crippen LogP contribution in [-0.2, 0) is 12.0 Å². The monoisotopic (exact) mass is 289 g/mol. The summed E-state index contributed by atoms with van der Waals surface area (Å²) < 4.78 is 0. The van der Waals surface area contributed by atoms with E-state index in [2.05, 4.69) is 31.1 Å². The highest BCUT2D eigenvalue weighted by Gasteiger charge is 2.19. The Morgan fingerprint density at radius 1 is 1.35 bits per heavy atom. The van der Waals surface area contributed by atoms with Gasteiger partial charge in [-0.25, -0.2) is 4.98 Å². The van der Waals surface area contributed by atoms with E-state index in [1.54, 1.807) is 5.38 Å². The number of hydrogen-bond acceptors (Lipinski definition) is 4. The molecule has 0 aliphatic heterocycles. The minimum atomic E-state index is -0.197. The van der Waals surface area contributed by atoms with Crippen LogP contribution >= 0.6 is 11.3 Å². The van der Waals surface area contributed by atoms with Gasteiger partial charge >= 0.3 is 0 Å². The van der Waals surface area contributed by atoms with Crippen molar-refractivity contribution in [1.82, 2.24) is 4.98 Å². The topological polar surface area (TPSA) is 68.0 Å². The molecule has 4 nitrogen and oxygen atoms in total. The largest absolute Gasteiger partial charge is 0.325 e. The molecule has 0 saturated carbocycles. The molecule has 1 heterocycles. The fourth-order valence-electron chi connectivity index (χ4n) is 1.94. The Hall–Kier alpha value is -1.72. The molecule has 3 N–H and O–H groups in total. The van der Waals surface area contributed by atoms with Crippen LogP contribution in [0.1, 0.15) is 41.8 Å². The minimum Gasteiger partial charge on any atom is -0.325 e. The molecule has 20 heavy (non-hydrogen) atoms. The Morgan fingerprint density at radius 3 is 2.65 bits per heavy atom. The highest BCUT2D eigenvalue weighted by Crippen LogP contribution is 2.29. The lowest BCUT2D eigenvalue weighted by atomic mass is 9.86. The molecule has 0 unspecified atom stereocenters. The minimum absolute atomic E-state index is 0.0334. The molecule has 0 saturated heterocycles. The van der Waals surface area contributed by atoms with Crippen LogP contribution in [0.15, 0.2) is 29.6 Å². The van der Waals surface area contributed by atoms with Crippen molar-refractivity contribution in [3.63, 3.8) is 0 Å². The molecule has 0 spiro atoms. The average Bonchev–Trinajstić information content (AvgIpc) is 2.87. The molecule has 0 bridgehead atoms.